The van der Waals surface area contributed by atoms with Crippen LogP contribution in [0.25, 0.3) is 0 Å². The molecule has 0 saturated heterocycles. The van der Waals surface area contributed by atoms with E-state index in [1.807, 2.05) is 0 Å². The number of amidine groups is 1. The van der Waals surface area contributed by atoms with Crippen LogP contribution in [-0.4, -0.2) is 34.6 Å². The quantitative estimate of drug-likeness (QED) is 0.332. The minimum Gasteiger partial charge on any atom is -0.409 e. The Kier molecular flexibility index (Phi) is 6.47. The first-order valence-electron chi connectivity index (χ1n) is 7.32. The maximum atomic E-state index is 8.64. The molecule has 0 amide bonds. The van der Waals surface area contributed by atoms with E-state index in [-0.39, 0.29) is 0 Å². The molecule has 1 fully saturated rings. The molecule has 0 radical (unpaired) electrons. The summed E-state index contributed by atoms with van der Waals surface area (Å²) in [5.41, 5.74) is 5.59. The Morgan fingerprint density at radius 2 is 2.06 bits per heavy atom. The SMILES string of the molecule is CCC1CCCCC1N(CCC(N)=NO)C(C)C. The van der Waals surface area contributed by atoms with Crippen molar-refractivity contribution in [2.24, 2.45) is 16.8 Å². The second-order valence-electron chi connectivity index (χ2n) is 5.69. The summed E-state index contributed by atoms with van der Waals surface area (Å²) in [5.74, 6) is 1.15. The molecule has 1 aliphatic carbocycles. The van der Waals surface area contributed by atoms with Crippen molar-refractivity contribution in [2.45, 2.75) is 71.4 Å². The van der Waals surface area contributed by atoms with Crippen LogP contribution < -0.4 is 5.73 Å². The van der Waals surface area contributed by atoms with Crippen molar-refractivity contribution in [3.05, 3.63) is 0 Å². The summed E-state index contributed by atoms with van der Waals surface area (Å²) in [6, 6.07) is 1.20. The molecule has 1 rings (SSSR count). The highest BCUT2D eigenvalue weighted by Gasteiger charge is 2.30. The second-order valence-corrected chi connectivity index (χ2v) is 5.69. The van der Waals surface area contributed by atoms with E-state index in [0.29, 0.717) is 24.3 Å². The van der Waals surface area contributed by atoms with Crippen LogP contribution in [0, 0.1) is 5.92 Å². The van der Waals surface area contributed by atoms with Crippen molar-refractivity contribution < 1.29 is 5.21 Å². The molecule has 1 saturated carbocycles. The Morgan fingerprint density at radius 1 is 1.39 bits per heavy atom. The fourth-order valence-corrected chi connectivity index (χ4v) is 3.20. The summed E-state index contributed by atoms with van der Waals surface area (Å²) >= 11 is 0. The summed E-state index contributed by atoms with van der Waals surface area (Å²) in [7, 11) is 0. The first kappa shape index (κ1) is 15.3. The Bertz CT molecular complexity index is 266. The molecular formula is C14H29N3O. The lowest BCUT2D eigenvalue weighted by Crippen LogP contribution is -2.47. The van der Waals surface area contributed by atoms with Crippen LogP contribution in [0.2, 0.25) is 0 Å². The predicted octanol–water partition coefficient (Wildman–Crippen LogP) is 2.80. The molecule has 0 aromatic carbocycles. The molecule has 1 aliphatic rings. The monoisotopic (exact) mass is 255 g/mol. The first-order chi connectivity index (χ1) is 8.60. The standard InChI is InChI=1S/C14H29N3O/c1-4-12-7-5-6-8-13(12)17(11(2)3)10-9-14(15)16-18/h11-13,18H,4-10H2,1-3H3,(H2,15,16). The highest BCUT2D eigenvalue weighted by Crippen LogP contribution is 2.31. The van der Waals surface area contributed by atoms with Crippen molar-refractivity contribution in [2.75, 3.05) is 6.54 Å². The first-order valence-corrected chi connectivity index (χ1v) is 7.32. The van der Waals surface area contributed by atoms with Gasteiger partial charge in [0.2, 0.25) is 0 Å². The van der Waals surface area contributed by atoms with E-state index in [1.165, 1.54) is 32.1 Å². The van der Waals surface area contributed by atoms with Crippen molar-refractivity contribution >= 4 is 5.84 Å². The van der Waals surface area contributed by atoms with Gasteiger partial charge in [-0.1, -0.05) is 31.3 Å². The molecule has 0 aliphatic heterocycles. The molecule has 106 valence electrons. The van der Waals surface area contributed by atoms with Gasteiger partial charge >= 0.3 is 0 Å². The van der Waals surface area contributed by atoms with Crippen LogP contribution in [0.15, 0.2) is 5.16 Å². The molecule has 2 unspecified atom stereocenters. The zero-order valence-corrected chi connectivity index (χ0v) is 12.1. The maximum Gasteiger partial charge on any atom is 0.140 e. The van der Waals surface area contributed by atoms with Gasteiger partial charge in [0.25, 0.3) is 0 Å². The van der Waals surface area contributed by atoms with Gasteiger partial charge in [0.05, 0.1) is 0 Å². The third-order valence-corrected chi connectivity index (χ3v) is 4.24. The van der Waals surface area contributed by atoms with E-state index in [4.69, 9.17) is 10.9 Å². The molecule has 2 atom stereocenters. The van der Waals surface area contributed by atoms with Gasteiger partial charge in [-0.25, -0.2) is 0 Å². The predicted molar refractivity (Wildman–Crippen MR) is 75.9 cm³/mol. The van der Waals surface area contributed by atoms with Crippen LogP contribution in [0.1, 0.15) is 59.3 Å². The van der Waals surface area contributed by atoms with E-state index in [1.54, 1.807) is 0 Å². The highest BCUT2D eigenvalue weighted by molar-refractivity contribution is 5.79. The fraction of sp³-hybridized carbons (Fsp3) is 0.929. The smallest absolute Gasteiger partial charge is 0.140 e. The van der Waals surface area contributed by atoms with Gasteiger partial charge in [-0.15, -0.1) is 0 Å². The fourth-order valence-electron chi connectivity index (χ4n) is 3.20. The van der Waals surface area contributed by atoms with Gasteiger partial charge in [0.15, 0.2) is 0 Å². The highest BCUT2D eigenvalue weighted by atomic mass is 16.4. The van der Waals surface area contributed by atoms with Crippen molar-refractivity contribution in [1.82, 2.24) is 4.90 Å². The average molecular weight is 255 g/mol. The lowest BCUT2D eigenvalue weighted by molar-refractivity contribution is 0.0759. The molecule has 0 aromatic rings. The van der Waals surface area contributed by atoms with E-state index in [9.17, 15) is 0 Å². The van der Waals surface area contributed by atoms with Crippen LogP contribution in [0.4, 0.5) is 0 Å². The summed E-state index contributed by atoms with van der Waals surface area (Å²) in [6.45, 7) is 7.68. The Hall–Kier alpha value is -0.770. The molecule has 0 heterocycles. The van der Waals surface area contributed by atoms with Crippen molar-refractivity contribution in [3.8, 4) is 0 Å². The molecule has 18 heavy (non-hydrogen) atoms. The van der Waals surface area contributed by atoms with Gasteiger partial charge < -0.3 is 10.9 Å². The third kappa shape index (κ3) is 4.16. The summed E-state index contributed by atoms with van der Waals surface area (Å²) in [6.07, 6.45) is 7.29. The zero-order chi connectivity index (χ0) is 13.5. The van der Waals surface area contributed by atoms with E-state index in [2.05, 4.69) is 30.8 Å². The second kappa shape index (κ2) is 7.62. The lowest BCUT2D eigenvalue weighted by Gasteiger charge is -2.42. The minimum atomic E-state index is 0.338. The number of nitrogens with two attached hydrogens (primary N) is 1. The van der Waals surface area contributed by atoms with Crippen LogP contribution in [-0.2, 0) is 0 Å². The number of nitrogens with zero attached hydrogens (tertiary/aromatic N) is 2. The van der Waals surface area contributed by atoms with Gasteiger partial charge in [-0.3, -0.25) is 4.90 Å². The minimum absolute atomic E-state index is 0.338. The van der Waals surface area contributed by atoms with E-state index < -0.39 is 0 Å². The molecule has 0 spiro atoms. The third-order valence-electron chi connectivity index (χ3n) is 4.24. The van der Waals surface area contributed by atoms with E-state index in [0.717, 1.165) is 12.5 Å². The number of oxime groups is 1. The number of rotatable bonds is 6. The number of hydrogen-bond donors (Lipinski definition) is 2. The van der Waals surface area contributed by atoms with Crippen molar-refractivity contribution in [1.29, 1.82) is 0 Å². The average Bonchev–Trinajstić information content (AvgIpc) is 2.38. The maximum absolute atomic E-state index is 8.64. The molecular weight excluding hydrogens is 226 g/mol. The van der Waals surface area contributed by atoms with Crippen LogP contribution in [0.5, 0.6) is 0 Å². The molecule has 3 N–H and O–H groups in total. The summed E-state index contributed by atoms with van der Waals surface area (Å²) in [5, 5.41) is 11.7. The van der Waals surface area contributed by atoms with E-state index >= 15 is 0 Å². The Labute approximate surface area is 111 Å². The Balaban J connectivity index is 2.64. The van der Waals surface area contributed by atoms with Gasteiger partial charge in [0.1, 0.15) is 5.84 Å². The molecule has 4 nitrogen and oxygen atoms in total. The van der Waals surface area contributed by atoms with Gasteiger partial charge in [-0.2, -0.15) is 0 Å². The molecule has 4 heteroatoms. The van der Waals surface area contributed by atoms with Gasteiger partial charge in [0, 0.05) is 25.0 Å². The number of hydrogen-bond acceptors (Lipinski definition) is 3. The molecule has 0 bridgehead atoms. The van der Waals surface area contributed by atoms with Gasteiger partial charge in [-0.05, 0) is 32.6 Å². The summed E-state index contributed by atoms with van der Waals surface area (Å²) < 4.78 is 0. The topological polar surface area (TPSA) is 61.8 Å². The normalized spacial score (nSPS) is 25.9. The largest absolute Gasteiger partial charge is 0.409 e. The Morgan fingerprint density at radius 3 is 2.61 bits per heavy atom. The van der Waals surface area contributed by atoms with Crippen LogP contribution in [0.3, 0.4) is 0 Å². The lowest BCUT2D eigenvalue weighted by atomic mass is 9.81. The molecule has 0 aromatic heterocycles. The van der Waals surface area contributed by atoms with Crippen molar-refractivity contribution in [3.63, 3.8) is 0 Å². The summed E-state index contributed by atoms with van der Waals surface area (Å²) in [4.78, 5) is 2.55. The zero-order valence-electron chi connectivity index (χ0n) is 12.1. The van der Waals surface area contributed by atoms with Crippen LogP contribution >= 0.6 is 0 Å².